The van der Waals surface area contributed by atoms with E-state index in [1.807, 2.05) is 6.07 Å². The summed E-state index contributed by atoms with van der Waals surface area (Å²) in [6.45, 7) is 0.202. The minimum atomic E-state index is -0.627. The number of halogens is 4. The van der Waals surface area contributed by atoms with E-state index in [9.17, 15) is 10.1 Å². The van der Waals surface area contributed by atoms with Gasteiger partial charge in [0, 0.05) is 15.6 Å². The van der Waals surface area contributed by atoms with Crippen LogP contribution in [-0.4, -0.2) is 13.0 Å². The maximum absolute atomic E-state index is 12.6. The Balaban J connectivity index is 1.78. The monoisotopic (exact) mass is 520 g/mol. The van der Waals surface area contributed by atoms with Gasteiger partial charge in [0.1, 0.15) is 18.2 Å². The van der Waals surface area contributed by atoms with Gasteiger partial charge in [-0.05, 0) is 48.0 Å². The van der Waals surface area contributed by atoms with Crippen molar-refractivity contribution in [3.05, 3.63) is 91.4 Å². The quantitative estimate of drug-likeness (QED) is 0.259. The average Bonchev–Trinajstić information content (AvgIpc) is 2.80. The molecule has 0 saturated heterocycles. The molecule has 3 aromatic rings. The molecular formula is C24H16Cl4N2O3. The van der Waals surface area contributed by atoms with Crippen LogP contribution >= 0.6 is 46.4 Å². The second-order valence-corrected chi connectivity index (χ2v) is 8.29. The highest BCUT2D eigenvalue weighted by Gasteiger charge is 2.14. The van der Waals surface area contributed by atoms with Crippen LogP contribution in [0, 0.1) is 11.3 Å². The van der Waals surface area contributed by atoms with Crippen LogP contribution in [0.5, 0.6) is 11.5 Å². The van der Waals surface area contributed by atoms with Crippen molar-refractivity contribution in [2.75, 3.05) is 12.4 Å². The third-order valence-electron chi connectivity index (χ3n) is 4.46. The van der Waals surface area contributed by atoms with Gasteiger partial charge in [0.2, 0.25) is 0 Å². The Kier molecular flexibility index (Phi) is 8.49. The molecule has 0 saturated carbocycles. The molecule has 0 aliphatic heterocycles. The average molecular weight is 522 g/mol. The van der Waals surface area contributed by atoms with Crippen LogP contribution in [0.2, 0.25) is 20.1 Å². The van der Waals surface area contributed by atoms with Gasteiger partial charge in [0.25, 0.3) is 5.91 Å². The maximum atomic E-state index is 12.6. The molecule has 5 nitrogen and oxygen atoms in total. The van der Waals surface area contributed by atoms with Crippen LogP contribution in [-0.2, 0) is 11.4 Å². The zero-order valence-electron chi connectivity index (χ0n) is 17.2. The third kappa shape index (κ3) is 6.34. The summed E-state index contributed by atoms with van der Waals surface area (Å²) in [6.07, 6.45) is 1.43. The number of hydrogen-bond acceptors (Lipinski definition) is 4. The summed E-state index contributed by atoms with van der Waals surface area (Å²) in [7, 11) is 1.49. The Labute approximate surface area is 211 Å². The van der Waals surface area contributed by atoms with Gasteiger partial charge < -0.3 is 14.8 Å². The van der Waals surface area contributed by atoms with E-state index in [2.05, 4.69) is 5.32 Å². The Morgan fingerprint density at radius 3 is 2.52 bits per heavy atom. The summed E-state index contributed by atoms with van der Waals surface area (Å²) in [5.41, 5.74) is 1.50. The van der Waals surface area contributed by atoms with Crippen molar-refractivity contribution in [1.82, 2.24) is 0 Å². The van der Waals surface area contributed by atoms with Gasteiger partial charge in [-0.3, -0.25) is 4.79 Å². The van der Waals surface area contributed by atoms with Crippen LogP contribution in [0.1, 0.15) is 11.1 Å². The lowest BCUT2D eigenvalue weighted by molar-refractivity contribution is -0.112. The normalized spacial score (nSPS) is 11.0. The fraction of sp³-hybridized carbons (Fsp3) is 0.0833. The SMILES string of the molecule is COc1cc(/C=C(/C#N)C(=O)Nc2cccc(Cl)c2Cl)ccc1OCc1ccc(Cl)cc1Cl. The Morgan fingerprint density at radius 1 is 1.03 bits per heavy atom. The number of methoxy groups -OCH3 is 1. The number of ether oxygens (including phenoxy) is 2. The van der Waals surface area contributed by atoms with Crippen LogP contribution < -0.4 is 14.8 Å². The number of rotatable bonds is 7. The van der Waals surface area contributed by atoms with E-state index in [0.717, 1.165) is 5.56 Å². The van der Waals surface area contributed by atoms with Crippen LogP contribution in [0.3, 0.4) is 0 Å². The van der Waals surface area contributed by atoms with Gasteiger partial charge >= 0.3 is 0 Å². The van der Waals surface area contributed by atoms with Crippen molar-refractivity contribution in [3.63, 3.8) is 0 Å². The number of nitriles is 1. The smallest absolute Gasteiger partial charge is 0.266 e. The lowest BCUT2D eigenvalue weighted by Crippen LogP contribution is -2.13. The van der Waals surface area contributed by atoms with E-state index in [-0.39, 0.29) is 22.2 Å². The molecule has 33 heavy (non-hydrogen) atoms. The van der Waals surface area contributed by atoms with E-state index in [4.69, 9.17) is 55.9 Å². The molecule has 1 N–H and O–H groups in total. The summed E-state index contributed by atoms with van der Waals surface area (Å²) in [5, 5.41) is 13.6. The maximum Gasteiger partial charge on any atom is 0.266 e. The largest absolute Gasteiger partial charge is 0.493 e. The van der Waals surface area contributed by atoms with Gasteiger partial charge in [-0.1, -0.05) is 64.6 Å². The van der Waals surface area contributed by atoms with Crippen LogP contribution in [0.15, 0.2) is 60.2 Å². The highest BCUT2D eigenvalue weighted by Crippen LogP contribution is 2.32. The summed E-state index contributed by atoms with van der Waals surface area (Å²) >= 11 is 24.2. The minimum absolute atomic E-state index is 0.130. The number of carbonyl (C=O) groups is 1. The summed E-state index contributed by atoms with van der Waals surface area (Å²) in [4.78, 5) is 12.6. The molecule has 0 heterocycles. The Bertz CT molecular complexity index is 1270. The molecule has 0 atom stereocenters. The molecule has 0 aromatic heterocycles. The first-order valence-electron chi connectivity index (χ1n) is 9.44. The van der Waals surface area contributed by atoms with E-state index >= 15 is 0 Å². The second-order valence-electron chi connectivity index (χ2n) is 6.66. The van der Waals surface area contributed by atoms with Crippen LogP contribution in [0.4, 0.5) is 5.69 Å². The van der Waals surface area contributed by atoms with E-state index < -0.39 is 5.91 Å². The number of carbonyl (C=O) groups excluding carboxylic acids is 1. The molecule has 0 radical (unpaired) electrons. The highest BCUT2D eigenvalue weighted by molar-refractivity contribution is 6.44. The van der Waals surface area contributed by atoms with Gasteiger partial charge in [-0.2, -0.15) is 5.26 Å². The summed E-state index contributed by atoms with van der Waals surface area (Å²) in [6, 6.07) is 16.9. The lowest BCUT2D eigenvalue weighted by atomic mass is 10.1. The van der Waals surface area contributed by atoms with Gasteiger partial charge in [-0.25, -0.2) is 0 Å². The van der Waals surface area contributed by atoms with Crippen molar-refractivity contribution in [1.29, 1.82) is 5.26 Å². The van der Waals surface area contributed by atoms with E-state index in [1.165, 1.54) is 13.2 Å². The molecule has 0 aliphatic carbocycles. The lowest BCUT2D eigenvalue weighted by Gasteiger charge is -2.12. The molecule has 0 aliphatic rings. The topological polar surface area (TPSA) is 71.3 Å². The predicted molar refractivity (Wildman–Crippen MR) is 132 cm³/mol. The van der Waals surface area contributed by atoms with E-state index in [1.54, 1.807) is 54.6 Å². The molecule has 0 bridgehead atoms. The Morgan fingerprint density at radius 2 is 1.82 bits per heavy atom. The molecule has 168 valence electrons. The number of anilines is 1. The standard InChI is InChI=1S/C24H16Cl4N2O3/c1-32-22-10-14(5-8-21(22)33-13-15-6-7-17(25)11-19(15)27)9-16(12-29)24(31)30-20-4-2-3-18(26)23(20)28/h2-11H,13H2,1H3,(H,30,31)/b16-9-. The van der Waals surface area contributed by atoms with Gasteiger partial charge in [0.15, 0.2) is 11.5 Å². The van der Waals surface area contributed by atoms with Crippen molar-refractivity contribution in [2.24, 2.45) is 0 Å². The predicted octanol–water partition coefficient (Wildman–Crippen LogP) is 7.43. The second kappa shape index (κ2) is 11.3. The molecule has 3 aromatic carbocycles. The van der Waals surface area contributed by atoms with Gasteiger partial charge in [0.05, 0.1) is 22.8 Å². The van der Waals surface area contributed by atoms with Crippen molar-refractivity contribution < 1.29 is 14.3 Å². The van der Waals surface area contributed by atoms with Crippen LogP contribution in [0.25, 0.3) is 6.08 Å². The minimum Gasteiger partial charge on any atom is -0.493 e. The molecule has 3 rings (SSSR count). The van der Waals surface area contributed by atoms with Crippen molar-refractivity contribution in [2.45, 2.75) is 6.61 Å². The number of amides is 1. The number of nitrogens with zero attached hydrogens (tertiary/aromatic N) is 1. The fourth-order valence-electron chi connectivity index (χ4n) is 2.79. The molecule has 1 amide bonds. The zero-order valence-corrected chi connectivity index (χ0v) is 20.2. The number of hydrogen-bond donors (Lipinski definition) is 1. The highest BCUT2D eigenvalue weighted by atomic mass is 35.5. The molecular weight excluding hydrogens is 506 g/mol. The first-order valence-corrected chi connectivity index (χ1v) is 11.0. The first-order chi connectivity index (χ1) is 15.8. The molecule has 0 fully saturated rings. The van der Waals surface area contributed by atoms with Crippen molar-refractivity contribution in [3.8, 4) is 17.6 Å². The van der Waals surface area contributed by atoms with E-state index in [0.29, 0.717) is 32.8 Å². The molecule has 0 unspecified atom stereocenters. The Hall–Kier alpha value is -2.88. The molecule has 0 spiro atoms. The van der Waals surface area contributed by atoms with Crippen molar-refractivity contribution >= 4 is 64.1 Å². The summed E-state index contributed by atoms with van der Waals surface area (Å²) < 4.78 is 11.2. The summed E-state index contributed by atoms with van der Waals surface area (Å²) in [5.74, 6) is 0.261. The van der Waals surface area contributed by atoms with Gasteiger partial charge in [-0.15, -0.1) is 0 Å². The fourth-order valence-corrected chi connectivity index (χ4v) is 3.60. The third-order valence-corrected chi connectivity index (χ3v) is 5.87. The zero-order chi connectivity index (χ0) is 24.0. The number of benzene rings is 3. The first kappa shape index (κ1) is 24.8. The molecule has 9 heteroatoms. The number of nitrogens with one attached hydrogen (secondary N) is 1.